The predicted molar refractivity (Wildman–Crippen MR) is 44.4 cm³/mol. The SMILES string of the molecule is Cc1[nH]cnc1-c1cncnc1. The van der Waals surface area contributed by atoms with E-state index in [1.54, 1.807) is 18.7 Å². The van der Waals surface area contributed by atoms with Crippen molar-refractivity contribution in [3.8, 4) is 11.3 Å². The fourth-order valence-corrected chi connectivity index (χ4v) is 1.07. The molecule has 0 bridgehead atoms. The van der Waals surface area contributed by atoms with E-state index in [1.807, 2.05) is 6.92 Å². The average molecular weight is 160 g/mol. The summed E-state index contributed by atoms with van der Waals surface area (Å²) in [4.78, 5) is 15.0. The number of hydrogen-bond acceptors (Lipinski definition) is 3. The summed E-state index contributed by atoms with van der Waals surface area (Å²) in [6, 6.07) is 0. The van der Waals surface area contributed by atoms with Crippen molar-refractivity contribution >= 4 is 0 Å². The Bertz CT molecular complexity index is 366. The lowest BCUT2D eigenvalue weighted by Gasteiger charge is -1.94. The highest BCUT2D eigenvalue weighted by atomic mass is 14.9. The summed E-state index contributed by atoms with van der Waals surface area (Å²) >= 11 is 0. The summed E-state index contributed by atoms with van der Waals surface area (Å²) in [6.07, 6.45) is 6.66. The Balaban J connectivity index is 2.51. The molecule has 0 aliphatic rings. The van der Waals surface area contributed by atoms with Crippen LogP contribution >= 0.6 is 0 Å². The molecule has 4 nitrogen and oxygen atoms in total. The van der Waals surface area contributed by atoms with Crippen LogP contribution in [0.1, 0.15) is 5.69 Å². The molecule has 0 aliphatic heterocycles. The Hall–Kier alpha value is -1.71. The standard InChI is InChI=1S/C8H8N4/c1-6-8(12-5-11-6)7-2-9-4-10-3-7/h2-5H,1H3,(H,11,12). The van der Waals surface area contributed by atoms with Gasteiger partial charge in [0.15, 0.2) is 0 Å². The van der Waals surface area contributed by atoms with E-state index in [-0.39, 0.29) is 0 Å². The average Bonchev–Trinajstić information content (AvgIpc) is 2.53. The van der Waals surface area contributed by atoms with Crippen LogP contribution < -0.4 is 0 Å². The van der Waals surface area contributed by atoms with E-state index in [9.17, 15) is 0 Å². The monoisotopic (exact) mass is 160 g/mol. The Morgan fingerprint density at radius 1 is 1.25 bits per heavy atom. The molecule has 0 radical (unpaired) electrons. The molecule has 12 heavy (non-hydrogen) atoms. The molecule has 2 aromatic heterocycles. The molecule has 60 valence electrons. The van der Waals surface area contributed by atoms with Gasteiger partial charge >= 0.3 is 0 Å². The maximum atomic E-state index is 4.15. The normalized spacial score (nSPS) is 10.1. The molecule has 0 spiro atoms. The van der Waals surface area contributed by atoms with Gasteiger partial charge in [0, 0.05) is 23.7 Å². The van der Waals surface area contributed by atoms with Gasteiger partial charge in [-0.05, 0) is 6.92 Å². The number of H-pyrrole nitrogens is 1. The number of hydrogen-bond donors (Lipinski definition) is 1. The molecule has 0 saturated heterocycles. The van der Waals surface area contributed by atoms with E-state index in [0.29, 0.717) is 0 Å². The quantitative estimate of drug-likeness (QED) is 0.681. The third-order valence-corrected chi connectivity index (χ3v) is 1.66. The first kappa shape index (κ1) is 6.97. The van der Waals surface area contributed by atoms with Crippen LogP contribution in [-0.2, 0) is 0 Å². The predicted octanol–water partition coefficient (Wildman–Crippen LogP) is 1.18. The van der Waals surface area contributed by atoms with E-state index >= 15 is 0 Å². The van der Waals surface area contributed by atoms with Crippen LogP contribution in [0, 0.1) is 6.92 Å². The van der Waals surface area contributed by atoms with E-state index in [0.717, 1.165) is 17.0 Å². The van der Waals surface area contributed by atoms with E-state index in [4.69, 9.17) is 0 Å². The highest BCUT2D eigenvalue weighted by molar-refractivity contribution is 5.58. The molecule has 2 rings (SSSR count). The first-order valence-corrected chi connectivity index (χ1v) is 3.63. The van der Waals surface area contributed by atoms with Crippen LogP contribution in [0.5, 0.6) is 0 Å². The van der Waals surface area contributed by atoms with Crippen LogP contribution in [0.3, 0.4) is 0 Å². The zero-order valence-electron chi connectivity index (χ0n) is 6.65. The molecule has 1 N–H and O–H groups in total. The lowest BCUT2D eigenvalue weighted by atomic mass is 10.2. The molecule has 0 amide bonds. The first-order chi connectivity index (χ1) is 5.88. The number of aryl methyl sites for hydroxylation is 1. The minimum absolute atomic E-state index is 0.913. The van der Waals surface area contributed by atoms with Gasteiger partial charge in [0.05, 0.1) is 12.0 Å². The maximum Gasteiger partial charge on any atom is 0.115 e. The Kier molecular flexibility index (Phi) is 1.59. The minimum atomic E-state index is 0.913. The second-order valence-corrected chi connectivity index (χ2v) is 2.50. The van der Waals surface area contributed by atoms with E-state index in [2.05, 4.69) is 19.9 Å². The van der Waals surface area contributed by atoms with Crippen molar-refractivity contribution in [3.05, 3.63) is 30.7 Å². The second kappa shape index (κ2) is 2.73. The Morgan fingerprint density at radius 2 is 2.00 bits per heavy atom. The number of rotatable bonds is 1. The number of nitrogens with zero attached hydrogens (tertiary/aromatic N) is 3. The van der Waals surface area contributed by atoms with Crippen molar-refractivity contribution in [2.24, 2.45) is 0 Å². The molecule has 0 aromatic carbocycles. The zero-order valence-corrected chi connectivity index (χ0v) is 6.65. The van der Waals surface area contributed by atoms with Crippen LogP contribution in [0.2, 0.25) is 0 Å². The number of aromatic nitrogens is 4. The second-order valence-electron chi connectivity index (χ2n) is 2.50. The van der Waals surface area contributed by atoms with Crippen molar-refractivity contribution in [2.45, 2.75) is 6.92 Å². The minimum Gasteiger partial charge on any atom is -0.348 e. The van der Waals surface area contributed by atoms with Crippen molar-refractivity contribution in [3.63, 3.8) is 0 Å². The van der Waals surface area contributed by atoms with Crippen molar-refractivity contribution < 1.29 is 0 Å². The number of nitrogens with one attached hydrogen (secondary N) is 1. The summed E-state index contributed by atoms with van der Waals surface area (Å²) in [5, 5.41) is 0. The molecule has 0 atom stereocenters. The van der Waals surface area contributed by atoms with Crippen molar-refractivity contribution in [1.29, 1.82) is 0 Å². The summed E-state index contributed by atoms with van der Waals surface area (Å²) < 4.78 is 0. The van der Waals surface area contributed by atoms with Crippen LogP contribution in [0.15, 0.2) is 25.0 Å². The molecule has 0 aliphatic carbocycles. The fourth-order valence-electron chi connectivity index (χ4n) is 1.07. The fraction of sp³-hybridized carbons (Fsp3) is 0.125. The van der Waals surface area contributed by atoms with Gasteiger partial charge < -0.3 is 4.98 Å². The molecule has 0 fully saturated rings. The lowest BCUT2D eigenvalue weighted by molar-refractivity contribution is 1.16. The molecule has 0 saturated carbocycles. The van der Waals surface area contributed by atoms with Gasteiger partial charge in [0.25, 0.3) is 0 Å². The van der Waals surface area contributed by atoms with Gasteiger partial charge in [-0.3, -0.25) is 0 Å². The van der Waals surface area contributed by atoms with Gasteiger partial charge in [-0.15, -0.1) is 0 Å². The van der Waals surface area contributed by atoms with Crippen LogP contribution in [0.25, 0.3) is 11.3 Å². The lowest BCUT2D eigenvalue weighted by Crippen LogP contribution is -1.84. The third kappa shape index (κ3) is 1.07. The number of imidazole rings is 1. The largest absolute Gasteiger partial charge is 0.348 e. The smallest absolute Gasteiger partial charge is 0.115 e. The summed E-state index contributed by atoms with van der Waals surface area (Å²) in [7, 11) is 0. The molecule has 2 heterocycles. The van der Waals surface area contributed by atoms with E-state index < -0.39 is 0 Å². The van der Waals surface area contributed by atoms with Crippen LogP contribution in [0.4, 0.5) is 0 Å². The molecule has 2 aromatic rings. The Labute approximate surface area is 69.7 Å². The molecule has 4 heteroatoms. The number of aromatic amines is 1. The van der Waals surface area contributed by atoms with Crippen molar-refractivity contribution in [1.82, 2.24) is 19.9 Å². The topological polar surface area (TPSA) is 54.5 Å². The summed E-state index contributed by atoms with van der Waals surface area (Å²) in [5.41, 5.74) is 2.89. The summed E-state index contributed by atoms with van der Waals surface area (Å²) in [5.74, 6) is 0. The zero-order chi connectivity index (χ0) is 8.39. The molecule has 0 unspecified atom stereocenters. The summed E-state index contributed by atoms with van der Waals surface area (Å²) in [6.45, 7) is 1.97. The van der Waals surface area contributed by atoms with Gasteiger partial charge in [-0.1, -0.05) is 0 Å². The third-order valence-electron chi connectivity index (χ3n) is 1.66. The van der Waals surface area contributed by atoms with Gasteiger partial charge in [0.2, 0.25) is 0 Å². The van der Waals surface area contributed by atoms with Gasteiger partial charge in [0.1, 0.15) is 6.33 Å². The maximum absolute atomic E-state index is 4.15. The van der Waals surface area contributed by atoms with Crippen LogP contribution in [-0.4, -0.2) is 19.9 Å². The van der Waals surface area contributed by atoms with Gasteiger partial charge in [-0.25, -0.2) is 15.0 Å². The highest BCUT2D eigenvalue weighted by Crippen LogP contribution is 2.16. The van der Waals surface area contributed by atoms with E-state index in [1.165, 1.54) is 6.33 Å². The Morgan fingerprint density at radius 3 is 2.58 bits per heavy atom. The van der Waals surface area contributed by atoms with Gasteiger partial charge in [-0.2, -0.15) is 0 Å². The molecular weight excluding hydrogens is 152 g/mol. The highest BCUT2D eigenvalue weighted by Gasteiger charge is 2.02. The first-order valence-electron chi connectivity index (χ1n) is 3.63. The molecular formula is C8H8N4. The van der Waals surface area contributed by atoms with Crippen molar-refractivity contribution in [2.75, 3.05) is 0 Å².